The van der Waals surface area contributed by atoms with Gasteiger partial charge in [-0.25, -0.2) is 19.2 Å². The second kappa shape index (κ2) is 8.62. The Morgan fingerprint density at radius 2 is 1.68 bits per heavy atom. The van der Waals surface area contributed by atoms with E-state index in [1.54, 1.807) is 38.7 Å². The van der Waals surface area contributed by atoms with Crippen molar-refractivity contribution < 1.29 is 23.4 Å². The minimum atomic E-state index is -0.381. The number of ether oxygens (including phenoxy) is 3. The smallest absolute Gasteiger partial charge is 0.339 e. The largest absolute Gasteiger partial charge is 0.493 e. The maximum absolute atomic E-state index is 13.2. The van der Waals surface area contributed by atoms with E-state index in [0.717, 1.165) is 21.9 Å². The summed E-state index contributed by atoms with van der Waals surface area (Å²) in [4.78, 5) is 21.6. The number of cyclic esters (lactones) is 1. The zero-order valence-corrected chi connectivity index (χ0v) is 18.9. The number of nitrogens with zero attached hydrogens (tertiary/aromatic N) is 2. The minimum Gasteiger partial charge on any atom is -0.493 e. The molecule has 0 unspecified atom stereocenters. The fourth-order valence-corrected chi connectivity index (χ4v) is 4.21. The van der Waals surface area contributed by atoms with E-state index in [9.17, 15) is 9.18 Å². The fourth-order valence-electron chi connectivity index (χ4n) is 4.21. The highest BCUT2D eigenvalue weighted by Crippen LogP contribution is 2.42. The molecule has 3 aromatic carbocycles. The summed E-state index contributed by atoms with van der Waals surface area (Å²) in [6.45, 7) is 2.15. The van der Waals surface area contributed by atoms with Crippen molar-refractivity contribution in [2.24, 2.45) is 0 Å². The first kappa shape index (κ1) is 21.6. The molecular weight excluding hydrogens is 437 g/mol. The molecule has 1 aliphatic heterocycles. The van der Waals surface area contributed by atoms with Gasteiger partial charge in [0.25, 0.3) is 0 Å². The molecule has 0 spiro atoms. The Kier molecular flexibility index (Phi) is 5.49. The summed E-state index contributed by atoms with van der Waals surface area (Å²) in [7, 11) is 3.15. The summed E-state index contributed by atoms with van der Waals surface area (Å²) in [5.74, 6) is 0.895. The van der Waals surface area contributed by atoms with Crippen molar-refractivity contribution in [3.63, 3.8) is 0 Å². The number of rotatable bonds is 6. The van der Waals surface area contributed by atoms with Crippen LogP contribution in [-0.2, 0) is 11.3 Å². The predicted molar refractivity (Wildman–Crippen MR) is 126 cm³/mol. The van der Waals surface area contributed by atoms with Crippen molar-refractivity contribution in [2.75, 3.05) is 19.5 Å². The number of aromatic nitrogens is 2. The van der Waals surface area contributed by atoms with Gasteiger partial charge in [-0.3, -0.25) is 0 Å². The third kappa shape index (κ3) is 3.77. The van der Waals surface area contributed by atoms with Crippen molar-refractivity contribution >= 4 is 22.7 Å². The number of hydrogen-bond donors (Lipinski definition) is 1. The van der Waals surface area contributed by atoms with E-state index in [2.05, 4.69) is 15.3 Å². The molecule has 34 heavy (non-hydrogen) atoms. The number of fused-ring (bicyclic) bond motifs is 2. The molecule has 1 atom stereocenters. The summed E-state index contributed by atoms with van der Waals surface area (Å²) < 4.78 is 29.5. The van der Waals surface area contributed by atoms with E-state index in [1.165, 1.54) is 12.1 Å². The van der Waals surface area contributed by atoms with Crippen LogP contribution < -0.4 is 14.8 Å². The number of nitrogens with one attached hydrogen (secondary N) is 1. The van der Waals surface area contributed by atoms with Gasteiger partial charge in [-0.05, 0) is 53.6 Å². The van der Waals surface area contributed by atoms with Gasteiger partial charge in [0.15, 0.2) is 11.5 Å². The molecule has 2 heterocycles. The molecule has 8 heteroatoms. The first-order chi connectivity index (χ1) is 16.5. The Labute approximate surface area is 195 Å². The molecule has 1 N–H and O–H groups in total. The SMILES string of the molecule is COc1cc2cc3c(c(-c4cnc(N[C@@H](C)c5ccc(F)cc5)nc4)c2cc1OC)C(=O)OC3. The van der Waals surface area contributed by atoms with Crippen molar-refractivity contribution in [2.45, 2.75) is 19.6 Å². The maximum Gasteiger partial charge on any atom is 0.339 e. The standard InChI is InChI=1S/C26H22FN3O4/c1-14(15-4-6-19(27)7-5-15)30-26-28-11-18(12-29-26)23-20-10-22(33-3)21(32-2)9-16(20)8-17-13-34-25(31)24(17)23/h4-12,14H,13H2,1-3H3,(H,28,29,30)/t14-/m0/s1. The van der Waals surface area contributed by atoms with Crippen LogP contribution in [0.3, 0.4) is 0 Å². The molecule has 1 aliphatic rings. The lowest BCUT2D eigenvalue weighted by Gasteiger charge is -2.16. The van der Waals surface area contributed by atoms with Gasteiger partial charge in [-0.15, -0.1) is 0 Å². The molecule has 0 saturated carbocycles. The summed E-state index contributed by atoms with van der Waals surface area (Å²) >= 11 is 0. The predicted octanol–water partition coefficient (Wildman–Crippen LogP) is 5.30. The quantitative estimate of drug-likeness (QED) is 0.392. The van der Waals surface area contributed by atoms with Gasteiger partial charge in [0.1, 0.15) is 12.4 Å². The number of halogens is 1. The Morgan fingerprint density at radius 3 is 2.35 bits per heavy atom. The average Bonchev–Trinajstić information content (AvgIpc) is 3.22. The summed E-state index contributed by atoms with van der Waals surface area (Å²) in [6.07, 6.45) is 3.34. The number of carbonyl (C=O) groups excluding carboxylic acids is 1. The van der Waals surface area contributed by atoms with Crippen LogP contribution in [0.4, 0.5) is 10.3 Å². The molecule has 0 saturated heterocycles. The second-order valence-corrected chi connectivity index (χ2v) is 8.00. The lowest BCUT2D eigenvalue weighted by molar-refractivity contribution is 0.0535. The molecule has 0 bridgehead atoms. The van der Waals surface area contributed by atoms with E-state index in [0.29, 0.717) is 34.1 Å². The first-order valence-corrected chi connectivity index (χ1v) is 10.7. The summed E-state index contributed by atoms with van der Waals surface area (Å²) in [6, 6.07) is 11.8. The fraction of sp³-hybridized carbons (Fsp3) is 0.192. The van der Waals surface area contributed by atoms with Crippen molar-refractivity contribution in [3.8, 4) is 22.6 Å². The average molecular weight is 459 g/mol. The zero-order chi connectivity index (χ0) is 23.8. The molecule has 5 rings (SSSR count). The van der Waals surface area contributed by atoms with E-state index < -0.39 is 0 Å². The lowest BCUT2D eigenvalue weighted by Crippen LogP contribution is -2.09. The van der Waals surface area contributed by atoms with Crippen LogP contribution in [0, 0.1) is 5.82 Å². The number of esters is 1. The number of methoxy groups -OCH3 is 2. The minimum absolute atomic E-state index is 0.125. The lowest BCUT2D eigenvalue weighted by atomic mass is 9.91. The van der Waals surface area contributed by atoms with E-state index in [4.69, 9.17) is 14.2 Å². The van der Waals surface area contributed by atoms with Gasteiger partial charge < -0.3 is 19.5 Å². The zero-order valence-electron chi connectivity index (χ0n) is 18.9. The van der Waals surface area contributed by atoms with E-state index >= 15 is 0 Å². The summed E-state index contributed by atoms with van der Waals surface area (Å²) in [5, 5.41) is 4.91. The molecule has 172 valence electrons. The molecule has 1 aromatic heterocycles. The molecule has 0 fully saturated rings. The topological polar surface area (TPSA) is 82.6 Å². The van der Waals surface area contributed by atoms with Gasteiger partial charge in [0.05, 0.1) is 25.8 Å². The van der Waals surface area contributed by atoms with Crippen molar-refractivity contribution in [3.05, 3.63) is 77.4 Å². The Morgan fingerprint density at radius 1 is 1.00 bits per heavy atom. The molecular formula is C26H22FN3O4. The van der Waals surface area contributed by atoms with Gasteiger partial charge in [0.2, 0.25) is 5.95 Å². The van der Waals surface area contributed by atoms with Crippen LogP contribution in [0.5, 0.6) is 11.5 Å². The second-order valence-electron chi connectivity index (χ2n) is 8.00. The van der Waals surface area contributed by atoms with Crippen LogP contribution >= 0.6 is 0 Å². The van der Waals surface area contributed by atoms with E-state index in [1.807, 2.05) is 25.1 Å². The highest BCUT2D eigenvalue weighted by Gasteiger charge is 2.28. The summed E-state index contributed by atoms with van der Waals surface area (Å²) in [5.41, 5.74) is 3.57. The van der Waals surface area contributed by atoms with Crippen LogP contribution in [0.15, 0.2) is 54.9 Å². The van der Waals surface area contributed by atoms with Gasteiger partial charge in [-0.1, -0.05) is 12.1 Å². The maximum atomic E-state index is 13.2. The van der Waals surface area contributed by atoms with Crippen LogP contribution in [0.25, 0.3) is 21.9 Å². The van der Waals surface area contributed by atoms with Gasteiger partial charge in [0, 0.05) is 29.1 Å². The molecule has 0 aliphatic carbocycles. The number of hydrogen-bond acceptors (Lipinski definition) is 7. The third-order valence-electron chi connectivity index (χ3n) is 5.94. The van der Waals surface area contributed by atoms with Crippen molar-refractivity contribution in [1.82, 2.24) is 9.97 Å². The molecule has 4 aromatic rings. The molecule has 7 nitrogen and oxygen atoms in total. The highest BCUT2D eigenvalue weighted by atomic mass is 19.1. The van der Waals surface area contributed by atoms with Crippen LogP contribution in [0.1, 0.15) is 34.5 Å². The van der Waals surface area contributed by atoms with Crippen LogP contribution in [0.2, 0.25) is 0 Å². The molecule has 0 radical (unpaired) electrons. The van der Waals surface area contributed by atoms with Gasteiger partial charge >= 0.3 is 5.97 Å². The number of benzene rings is 3. The number of anilines is 1. The number of carbonyl (C=O) groups is 1. The van der Waals surface area contributed by atoms with E-state index in [-0.39, 0.29) is 24.4 Å². The van der Waals surface area contributed by atoms with Crippen LogP contribution in [-0.4, -0.2) is 30.2 Å². The third-order valence-corrected chi connectivity index (χ3v) is 5.94. The Hall–Kier alpha value is -4.20. The Bertz CT molecular complexity index is 1390. The normalized spacial score (nSPS) is 13.4. The first-order valence-electron chi connectivity index (χ1n) is 10.7. The molecule has 0 amide bonds. The highest BCUT2D eigenvalue weighted by molar-refractivity contribution is 6.11. The monoisotopic (exact) mass is 459 g/mol. The van der Waals surface area contributed by atoms with Gasteiger partial charge in [-0.2, -0.15) is 0 Å². The Balaban J connectivity index is 1.56. The van der Waals surface area contributed by atoms with Crippen molar-refractivity contribution in [1.29, 1.82) is 0 Å².